The first-order valence-corrected chi connectivity index (χ1v) is 8.51. The van der Waals surface area contributed by atoms with Gasteiger partial charge in [0.25, 0.3) is 0 Å². The Hall–Kier alpha value is -2.29. The molecule has 2 heterocycles. The molecule has 0 spiro atoms. The molecule has 0 aliphatic rings. The standard InChI is InChI=1S/C21H27N3/c1-20(2,3)18-15-19(21(4,5)6)24(22-18)17-11-9-16(10-12-17)23-13-7-8-14-23/h7-15H,1-6H3. The molecule has 3 rings (SSSR count). The summed E-state index contributed by atoms with van der Waals surface area (Å²) in [6, 6.07) is 14.9. The third-order valence-electron chi connectivity index (χ3n) is 4.24. The lowest BCUT2D eigenvalue weighted by Gasteiger charge is -2.20. The largest absolute Gasteiger partial charge is 0.324 e. The Bertz CT molecular complexity index is 808. The number of benzene rings is 1. The fraction of sp³-hybridized carbons (Fsp3) is 0.381. The van der Waals surface area contributed by atoms with E-state index in [0.29, 0.717) is 0 Å². The normalized spacial score (nSPS) is 12.6. The van der Waals surface area contributed by atoms with Gasteiger partial charge in [-0.2, -0.15) is 5.10 Å². The first-order chi connectivity index (χ1) is 11.2. The lowest BCUT2D eigenvalue weighted by Crippen LogP contribution is -2.17. The van der Waals surface area contributed by atoms with Crippen LogP contribution in [0.1, 0.15) is 52.9 Å². The highest BCUT2D eigenvalue weighted by atomic mass is 15.3. The average molecular weight is 321 g/mol. The number of rotatable bonds is 2. The minimum absolute atomic E-state index is 0.0373. The lowest BCUT2D eigenvalue weighted by atomic mass is 9.88. The van der Waals surface area contributed by atoms with Crippen molar-refractivity contribution in [1.82, 2.24) is 14.3 Å². The highest BCUT2D eigenvalue weighted by Crippen LogP contribution is 2.30. The summed E-state index contributed by atoms with van der Waals surface area (Å²) in [5, 5.41) is 4.92. The van der Waals surface area contributed by atoms with E-state index in [9.17, 15) is 0 Å². The summed E-state index contributed by atoms with van der Waals surface area (Å²) in [5.41, 5.74) is 4.70. The van der Waals surface area contributed by atoms with Crippen LogP contribution in [-0.2, 0) is 10.8 Å². The van der Waals surface area contributed by atoms with Crippen molar-refractivity contribution in [3.63, 3.8) is 0 Å². The van der Waals surface area contributed by atoms with Crippen LogP contribution in [0.15, 0.2) is 54.9 Å². The van der Waals surface area contributed by atoms with Crippen molar-refractivity contribution in [2.45, 2.75) is 52.4 Å². The molecule has 2 aromatic heterocycles. The Balaban J connectivity index is 2.06. The lowest BCUT2D eigenvalue weighted by molar-refractivity contribution is 0.537. The van der Waals surface area contributed by atoms with Gasteiger partial charge >= 0.3 is 0 Å². The van der Waals surface area contributed by atoms with Gasteiger partial charge in [-0.25, -0.2) is 4.68 Å². The zero-order chi connectivity index (χ0) is 17.5. The van der Waals surface area contributed by atoms with E-state index >= 15 is 0 Å². The van der Waals surface area contributed by atoms with E-state index in [1.54, 1.807) is 0 Å². The SMILES string of the molecule is CC(C)(C)c1cc(C(C)(C)C)n(-c2ccc(-n3cccc3)cc2)n1. The monoisotopic (exact) mass is 321 g/mol. The predicted molar refractivity (Wildman–Crippen MR) is 100 cm³/mol. The van der Waals surface area contributed by atoms with Crippen molar-refractivity contribution in [1.29, 1.82) is 0 Å². The molecule has 0 saturated carbocycles. The van der Waals surface area contributed by atoms with Crippen LogP contribution in [0.3, 0.4) is 0 Å². The number of aromatic nitrogens is 3. The molecule has 1 aromatic carbocycles. The van der Waals surface area contributed by atoms with E-state index in [2.05, 4.69) is 93.5 Å². The number of nitrogens with zero attached hydrogens (tertiary/aromatic N) is 3. The molecule has 0 amide bonds. The second-order valence-corrected chi connectivity index (χ2v) is 8.43. The smallest absolute Gasteiger partial charge is 0.0685 e. The van der Waals surface area contributed by atoms with Crippen LogP contribution in [0.5, 0.6) is 0 Å². The van der Waals surface area contributed by atoms with Crippen LogP contribution in [-0.4, -0.2) is 14.3 Å². The molecule has 3 heteroatoms. The van der Waals surface area contributed by atoms with Crippen LogP contribution in [0.2, 0.25) is 0 Å². The molecule has 0 bridgehead atoms. The van der Waals surface area contributed by atoms with Crippen LogP contribution < -0.4 is 0 Å². The Morgan fingerprint density at radius 2 is 1.29 bits per heavy atom. The van der Waals surface area contributed by atoms with E-state index in [4.69, 9.17) is 5.10 Å². The van der Waals surface area contributed by atoms with Gasteiger partial charge in [0.1, 0.15) is 0 Å². The molecule has 126 valence electrons. The molecule has 24 heavy (non-hydrogen) atoms. The predicted octanol–water partition coefficient (Wildman–Crippen LogP) is 5.26. The van der Waals surface area contributed by atoms with E-state index in [1.807, 2.05) is 12.1 Å². The minimum atomic E-state index is 0.0373. The fourth-order valence-electron chi connectivity index (χ4n) is 2.75. The van der Waals surface area contributed by atoms with Gasteiger partial charge in [-0.05, 0) is 42.5 Å². The molecule has 0 aliphatic carbocycles. The first-order valence-electron chi connectivity index (χ1n) is 8.51. The third kappa shape index (κ3) is 3.16. The summed E-state index contributed by atoms with van der Waals surface area (Å²) in [6.45, 7) is 13.3. The van der Waals surface area contributed by atoms with Crippen molar-refractivity contribution in [3.8, 4) is 11.4 Å². The molecule has 0 atom stereocenters. The summed E-state index contributed by atoms with van der Waals surface area (Å²) < 4.78 is 4.21. The second kappa shape index (κ2) is 5.66. The van der Waals surface area contributed by atoms with Crippen molar-refractivity contribution in [2.75, 3.05) is 0 Å². The molecular formula is C21H27N3. The Labute approximate surface area is 144 Å². The van der Waals surface area contributed by atoms with Gasteiger partial charge in [-0.3, -0.25) is 0 Å². The van der Waals surface area contributed by atoms with Gasteiger partial charge in [0.2, 0.25) is 0 Å². The topological polar surface area (TPSA) is 22.8 Å². The maximum absolute atomic E-state index is 4.92. The molecule has 0 saturated heterocycles. The Morgan fingerprint density at radius 1 is 0.750 bits per heavy atom. The summed E-state index contributed by atoms with van der Waals surface area (Å²) in [5.74, 6) is 0. The zero-order valence-electron chi connectivity index (χ0n) is 15.5. The van der Waals surface area contributed by atoms with E-state index in [1.165, 1.54) is 5.69 Å². The van der Waals surface area contributed by atoms with E-state index < -0.39 is 0 Å². The molecule has 0 radical (unpaired) electrons. The molecular weight excluding hydrogens is 294 g/mol. The quantitative estimate of drug-likeness (QED) is 0.631. The van der Waals surface area contributed by atoms with Gasteiger partial charge in [0, 0.05) is 34.6 Å². The van der Waals surface area contributed by atoms with Gasteiger partial charge in [0.05, 0.1) is 11.4 Å². The molecule has 0 unspecified atom stereocenters. The molecule has 3 nitrogen and oxygen atoms in total. The fourth-order valence-corrected chi connectivity index (χ4v) is 2.75. The molecule has 3 aromatic rings. The minimum Gasteiger partial charge on any atom is -0.324 e. The van der Waals surface area contributed by atoms with Gasteiger partial charge in [-0.15, -0.1) is 0 Å². The Kier molecular flexibility index (Phi) is 3.90. The maximum atomic E-state index is 4.92. The van der Waals surface area contributed by atoms with E-state index in [0.717, 1.165) is 17.1 Å². The first kappa shape index (κ1) is 16.6. The van der Waals surface area contributed by atoms with Crippen molar-refractivity contribution >= 4 is 0 Å². The summed E-state index contributed by atoms with van der Waals surface area (Å²) >= 11 is 0. The van der Waals surface area contributed by atoms with Gasteiger partial charge < -0.3 is 4.57 Å². The zero-order valence-corrected chi connectivity index (χ0v) is 15.5. The van der Waals surface area contributed by atoms with Crippen LogP contribution >= 0.6 is 0 Å². The van der Waals surface area contributed by atoms with Crippen LogP contribution in [0, 0.1) is 0 Å². The third-order valence-corrected chi connectivity index (χ3v) is 4.24. The maximum Gasteiger partial charge on any atom is 0.0685 e. The summed E-state index contributed by atoms with van der Waals surface area (Å²) in [7, 11) is 0. The summed E-state index contributed by atoms with van der Waals surface area (Å²) in [4.78, 5) is 0. The van der Waals surface area contributed by atoms with Crippen LogP contribution in [0.4, 0.5) is 0 Å². The number of hydrogen-bond donors (Lipinski definition) is 0. The Morgan fingerprint density at radius 3 is 1.79 bits per heavy atom. The highest BCUT2D eigenvalue weighted by Gasteiger charge is 2.26. The van der Waals surface area contributed by atoms with Crippen molar-refractivity contribution < 1.29 is 0 Å². The van der Waals surface area contributed by atoms with Crippen molar-refractivity contribution in [2.24, 2.45) is 0 Å². The molecule has 0 aliphatic heterocycles. The average Bonchev–Trinajstić information content (AvgIpc) is 3.16. The molecule has 0 fully saturated rings. The second-order valence-electron chi connectivity index (χ2n) is 8.43. The highest BCUT2D eigenvalue weighted by molar-refractivity contribution is 5.43. The van der Waals surface area contributed by atoms with Crippen molar-refractivity contribution in [3.05, 3.63) is 66.2 Å². The van der Waals surface area contributed by atoms with E-state index in [-0.39, 0.29) is 10.8 Å². The van der Waals surface area contributed by atoms with Gasteiger partial charge in [-0.1, -0.05) is 41.5 Å². The molecule has 0 N–H and O–H groups in total. The number of hydrogen-bond acceptors (Lipinski definition) is 1. The summed E-state index contributed by atoms with van der Waals surface area (Å²) in [6.07, 6.45) is 4.11. The van der Waals surface area contributed by atoms with Gasteiger partial charge in [0.15, 0.2) is 0 Å². The van der Waals surface area contributed by atoms with Crippen LogP contribution in [0.25, 0.3) is 11.4 Å².